The number of hydrogen-bond donors (Lipinski definition) is 1. The maximum absolute atomic E-state index is 13.9. The number of thiophene rings is 1. The Bertz CT molecular complexity index is 1450. The fraction of sp³-hybridized carbons (Fsp3) is 0.407. The number of hydrogen-bond acceptors (Lipinski definition) is 7. The number of benzene rings is 1. The molecule has 4 aliphatic rings. The average Bonchev–Trinajstić information content (AvgIpc) is 3.56. The van der Waals surface area contributed by atoms with Crippen LogP contribution in [0.3, 0.4) is 0 Å². The van der Waals surface area contributed by atoms with Crippen molar-refractivity contribution < 1.29 is 29.0 Å². The topological polar surface area (TPSA) is 104 Å². The molecule has 6 atom stereocenters. The van der Waals surface area contributed by atoms with Crippen molar-refractivity contribution in [3.8, 4) is 11.5 Å². The van der Waals surface area contributed by atoms with Gasteiger partial charge in [0.25, 0.3) is 11.8 Å². The molecule has 2 aliphatic carbocycles. The highest BCUT2D eigenvalue weighted by molar-refractivity contribution is 9.09. The van der Waals surface area contributed by atoms with Crippen molar-refractivity contribution in [2.75, 3.05) is 12.6 Å². The number of fused-ring (bicyclic) bond motifs is 4. The molecule has 204 valence electrons. The van der Waals surface area contributed by atoms with Crippen molar-refractivity contribution in [2.45, 2.75) is 35.1 Å². The Balaban J connectivity index is 1.52. The normalized spacial score (nSPS) is 33.7. The summed E-state index contributed by atoms with van der Waals surface area (Å²) in [5.41, 5.74) is 0.753. The van der Waals surface area contributed by atoms with Gasteiger partial charge in [0.05, 0.1) is 30.9 Å². The quantitative estimate of drug-likeness (QED) is 0.222. The second-order valence-electron chi connectivity index (χ2n) is 10.2. The van der Waals surface area contributed by atoms with E-state index in [0.29, 0.717) is 5.57 Å². The molecule has 0 bridgehead atoms. The van der Waals surface area contributed by atoms with Gasteiger partial charge < -0.3 is 9.84 Å². The Morgan fingerprint density at radius 3 is 2.51 bits per heavy atom. The molecule has 3 heterocycles. The van der Waals surface area contributed by atoms with Crippen molar-refractivity contribution in [1.82, 2.24) is 9.80 Å². The van der Waals surface area contributed by atoms with Crippen LogP contribution in [0.1, 0.15) is 29.2 Å². The fourth-order valence-electron chi connectivity index (χ4n) is 6.81. The molecule has 6 unspecified atom stereocenters. The molecule has 3 fully saturated rings. The minimum Gasteiger partial charge on any atom is -0.504 e. The van der Waals surface area contributed by atoms with E-state index in [9.17, 15) is 24.3 Å². The van der Waals surface area contributed by atoms with Gasteiger partial charge in [-0.3, -0.25) is 29.0 Å². The summed E-state index contributed by atoms with van der Waals surface area (Å²) < 4.78 is 5.32. The van der Waals surface area contributed by atoms with Gasteiger partial charge in [0.1, 0.15) is 0 Å². The zero-order chi connectivity index (χ0) is 27.9. The number of amides is 4. The first-order valence-corrected chi connectivity index (χ1v) is 15.1. The summed E-state index contributed by atoms with van der Waals surface area (Å²) in [5.74, 6) is -5.15. The third-order valence-corrected chi connectivity index (χ3v) is 11.3. The van der Waals surface area contributed by atoms with Crippen molar-refractivity contribution in [3.05, 3.63) is 57.8 Å². The smallest absolute Gasteiger partial charge is 0.254 e. The standard InChI is InChI=1S/C27H23BrCl2N2O6S/c1-38-18-6-2-5-16(21(18)33)20-14-7-8-15-19(23(35)31(22(15)34)11-13-4-3-9-39-13)17(14)10-26(29)24(36)32(12-28)25(37)27(20,26)30/h2-7,9,15,17,19-20,33H,8,10-12H2,1H3. The monoisotopic (exact) mass is 652 g/mol. The second-order valence-corrected chi connectivity index (χ2v) is 13.0. The van der Waals surface area contributed by atoms with Crippen molar-refractivity contribution >= 4 is 74.1 Å². The summed E-state index contributed by atoms with van der Waals surface area (Å²) in [6.45, 7) is 0.171. The molecule has 39 heavy (non-hydrogen) atoms. The zero-order valence-electron chi connectivity index (χ0n) is 20.6. The number of methoxy groups -OCH3 is 1. The Kier molecular flexibility index (Phi) is 6.41. The third kappa shape index (κ3) is 3.47. The first kappa shape index (κ1) is 26.8. The number of halogens is 3. The predicted molar refractivity (Wildman–Crippen MR) is 148 cm³/mol. The number of para-hydroxylation sites is 1. The van der Waals surface area contributed by atoms with Gasteiger partial charge in [0, 0.05) is 16.4 Å². The van der Waals surface area contributed by atoms with Crippen LogP contribution >= 0.6 is 50.5 Å². The van der Waals surface area contributed by atoms with Crippen molar-refractivity contribution in [3.63, 3.8) is 0 Å². The van der Waals surface area contributed by atoms with E-state index >= 15 is 0 Å². The van der Waals surface area contributed by atoms with Crippen LogP contribution < -0.4 is 4.74 Å². The van der Waals surface area contributed by atoms with Crippen LogP contribution in [0.25, 0.3) is 0 Å². The predicted octanol–water partition coefficient (Wildman–Crippen LogP) is 4.37. The van der Waals surface area contributed by atoms with Gasteiger partial charge in [-0.05, 0) is 36.3 Å². The number of ether oxygens (including phenoxy) is 1. The molecule has 1 aromatic heterocycles. The SMILES string of the molecule is COc1cccc(C2C3=CCC4C(=O)N(Cc5cccs5)C(=O)C4C3CC3(Cl)C(=O)N(CBr)C(=O)C23Cl)c1O. The van der Waals surface area contributed by atoms with Gasteiger partial charge in [-0.15, -0.1) is 34.5 Å². The molecule has 2 aliphatic heterocycles. The molecule has 2 aromatic rings. The van der Waals surface area contributed by atoms with E-state index in [4.69, 9.17) is 27.9 Å². The van der Waals surface area contributed by atoms with Gasteiger partial charge in [-0.1, -0.05) is 45.8 Å². The number of nitrogens with zero attached hydrogens (tertiary/aromatic N) is 2. The van der Waals surface area contributed by atoms with Crippen LogP contribution in [0.2, 0.25) is 0 Å². The number of phenols is 1. The Morgan fingerprint density at radius 2 is 1.85 bits per heavy atom. The zero-order valence-corrected chi connectivity index (χ0v) is 24.5. The van der Waals surface area contributed by atoms with Gasteiger partial charge in [-0.2, -0.15) is 0 Å². The number of allylic oxidation sites excluding steroid dienone is 2. The van der Waals surface area contributed by atoms with Crippen LogP contribution in [0.15, 0.2) is 47.4 Å². The van der Waals surface area contributed by atoms with E-state index in [-0.39, 0.29) is 53.7 Å². The van der Waals surface area contributed by atoms with E-state index in [1.807, 2.05) is 23.6 Å². The van der Waals surface area contributed by atoms with Crippen molar-refractivity contribution in [2.24, 2.45) is 17.8 Å². The molecule has 1 aromatic carbocycles. The number of likely N-dealkylation sites (tertiary alicyclic amines) is 2. The van der Waals surface area contributed by atoms with Gasteiger partial charge in [-0.25, -0.2) is 0 Å². The van der Waals surface area contributed by atoms with E-state index in [2.05, 4.69) is 15.9 Å². The van der Waals surface area contributed by atoms with Crippen molar-refractivity contribution in [1.29, 1.82) is 0 Å². The number of imide groups is 2. The molecule has 0 radical (unpaired) electrons. The number of alkyl halides is 3. The Labute approximate surface area is 246 Å². The second kappa shape index (κ2) is 9.33. The lowest BCUT2D eigenvalue weighted by Gasteiger charge is -2.50. The number of carbonyl (C=O) groups is 4. The van der Waals surface area contributed by atoms with E-state index < -0.39 is 45.2 Å². The minimum atomic E-state index is -1.99. The van der Waals surface area contributed by atoms with Crippen LogP contribution in [0, 0.1) is 17.8 Å². The number of aromatic hydroxyl groups is 1. The van der Waals surface area contributed by atoms with Crippen LogP contribution in [-0.4, -0.2) is 60.8 Å². The molecular weight excluding hydrogens is 631 g/mol. The van der Waals surface area contributed by atoms with Crippen LogP contribution in [0.4, 0.5) is 0 Å². The number of phenolic OH excluding ortho intramolecular Hbond substituents is 1. The number of rotatable bonds is 5. The van der Waals surface area contributed by atoms with Crippen LogP contribution in [-0.2, 0) is 25.7 Å². The molecule has 6 rings (SSSR count). The lowest BCUT2D eigenvalue weighted by Crippen LogP contribution is -2.60. The molecule has 1 N–H and O–H groups in total. The maximum atomic E-state index is 13.9. The summed E-state index contributed by atoms with van der Waals surface area (Å²) in [4.78, 5) is 54.0. The highest BCUT2D eigenvalue weighted by Gasteiger charge is 2.76. The van der Waals surface area contributed by atoms with Gasteiger partial charge in [0.2, 0.25) is 11.8 Å². The summed E-state index contributed by atoms with van der Waals surface area (Å²) in [5, 5.41) is 13.1. The summed E-state index contributed by atoms with van der Waals surface area (Å²) in [7, 11) is 1.40. The largest absolute Gasteiger partial charge is 0.504 e. The van der Waals surface area contributed by atoms with E-state index in [1.165, 1.54) is 23.3 Å². The first-order chi connectivity index (χ1) is 18.6. The maximum Gasteiger partial charge on any atom is 0.254 e. The molecule has 0 spiro atoms. The molecule has 2 saturated heterocycles. The summed E-state index contributed by atoms with van der Waals surface area (Å²) in [6.07, 6.45) is 1.99. The molecule has 1 saturated carbocycles. The molecular formula is C27H23BrCl2N2O6S. The van der Waals surface area contributed by atoms with E-state index in [0.717, 1.165) is 9.78 Å². The molecule has 8 nitrogen and oxygen atoms in total. The first-order valence-electron chi connectivity index (χ1n) is 12.3. The highest BCUT2D eigenvalue weighted by atomic mass is 79.9. The van der Waals surface area contributed by atoms with Gasteiger partial charge >= 0.3 is 0 Å². The lowest BCUT2D eigenvalue weighted by molar-refractivity contribution is -0.141. The minimum absolute atomic E-state index is 0.105. The van der Waals surface area contributed by atoms with Crippen LogP contribution in [0.5, 0.6) is 11.5 Å². The fourth-order valence-corrected chi connectivity index (χ4v) is 8.92. The van der Waals surface area contributed by atoms with Gasteiger partial charge in [0.15, 0.2) is 21.2 Å². The summed E-state index contributed by atoms with van der Waals surface area (Å²) >= 11 is 19.0. The van der Waals surface area contributed by atoms with E-state index in [1.54, 1.807) is 18.2 Å². The Morgan fingerprint density at radius 1 is 1.08 bits per heavy atom. The highest BCUT2D eigenvalue weighted by Crippen LogP contribution is 2.66. The number of carbonyl (C=O) groups excluding carboxylic acids is 4. The summed E-state index contributed by atoms with van der Waals surface area (Å²) in [6, 6.07) is 8.55. The third-order valence-electron chi connectivity index (χ3n) is 8.56. The Hall–Kier alpha value is -2.40. The molecule has 4 amide bonds. The average molecular weight is 654 g/mol. The molecule has 12 heteroatoms. The lowest BCUT2D eigenvalue weighted by atomic mass is 9.56.